The van der Waals surface area contributed by atoms with E-state index in [0.29, 0.717) is 39.2 Å². The van der Waals surface area contributed by atoms with E-state index in [9.17, 15) is 10.2 Å². The molecular weight excluding hydrogens is 490 g/mol. The highest BCUT2D eigenvalue weighted by Crippen LogP contribution is 2.29. The van der Waals surface area contributed by atoms with Gasteiger partial charge in [-0.3, -0.25) is 9.80 Å². The highest BCUT2D eigenvalue weighted by Gasteiger charge is 2.18. The van der Waals surface area contributed by atoms with Gasteiger partial charge in [0.2, 0.25) is 0 Å². The summed E-state index contributed by atoms with van der Waals surface area (Å²) in [6.45, 7) is 13.0. The number of likely N-dealkylation sites (tertiary alicyclic amines) is 1. The number of methoxy groups -OCH3 is 1. The van der Waals surface area contributed by atoms with E-state index in [4.69, 9.17) is 9.47 Å². The van der Waals surface area contributed by atoms with Crippen molar-refractivity contribution >= 4 is 10.9 Å². The monoisotopic (exact) mass is 537 g/mol. The lowest BCUT2D eigenvalue weighted by molar-refractivity contribution is 0.0908. The van der Waals surface area contributed by atoms with Gasteiger partial charge in [-0.15, -0.1) is 0 Å². The van der Waals surface area contributed by atoms with E-state index in [1.54, 1.807) is 7.11 Å². The fraction of sp³-hybridized carbons (Fsp3) is 0.562. The molecule has 0 radical (unpaired) electrons. The van der Waals surface area contributed by atoms with Crippen molar-refractivity contribution in [2.75, 3.05) is 53.0 Å². The van der Waals surface area contributed by atoms with Gasteiger partial charge in [0.1, 0.15) is 6.61 Å². The van der Waals surface area contributed by atoms with Crippen LogP contribution in [0.2, 0.25) is 0 Å². The molecule has 1 fully saturated rings. The Morgan fingerprint density at radius 3 is 2.59 bits per heavy atom. The first-order valence-electron chi connectivity index (χ1n) is 14.5. The van der Waals surface area contributed by atoms with Crippen LogP contribution < -0.4 is 9.47 Å². The minimum Gasteiger partial charge on any atom is -0.493 e. The van der Waals surface area contributed by atoms with Gasteiger partial charge in [0.25, 0.3) is 0 Å². The number of hydrogen-bond acceptors (Lipinski definition) is 6. The number of para-hydroxylation sites is 1. The first-order chi connectivity index (χ1) is 18.9. The van der Waals surface area contributed by atoms with Crippen LogP contribution in [0.25, 0.3) is 10.9 Å². The molecule has 2 N–H and O–H groups in total. The molecule has 1 aromatic heterocycles. The Balaban J connectivity index is 1.37. The van der Waals surface area contributed by atoms with Crippen molar-refractivity contribution in [2.24, 2.45) is 5.92 Å². The molecular formula is C32H47N3O4. The van der Waals surface area contributed by atoms with Gasteiger partial charge < -0.3 is 24.3 Å². The number of aliphatic hydroxyl groups excluding tert-OH is 2. The average Bonchev–Trinajstić information content (AvgIpc) is 3.18. The number of benzene rings is 2. The molecule has 0 saturated carbocycles. The third-order valence-electron chi connectivity index (χ3n) is 8.22. The average molecular weight is 538 g/mol. The van der Waals surface area contributed by atoms with Crippen molar-refractivity contribution in [3.8, 4) is 11.5 Å². The summed E-state index contributed by atoms with van der Waals surface area (Å²) in [5.74, 6) is 2.32. The second-order valence-corrected chi connectivity index (χ2v) is 11.2. The molecule has 0 aliphatic carbocycles. The fourth-order valence-corrected chi connectivity index (χ4v) is 5.69. The van der Waals surface area contributed by atoms with E-state index >= 15 is 0 Å². The van der Waals surface area contributed by atoms with E-state index < -0.39 is 6.10 Å². The van der Waals surface area contributed by atoms with Crippen LogP contribution in [0.1, 0.15) is 43.0 Å². The molecule has 3 aromatic rings. The van der Waals surface area contributed by atoms with Crippen molar-refractivity contribution in [3.05, 3.63) is 59.3 Å². The number of ether oxygens (including phenoxy) is 2. The molecule has 0 bridgehead atoms. The second-order valence-electron chi connectivity index (χ2n) is 11.2. The molecule has 39 heavy (non-hydrogen) atoms. The number of fused-ring (bicyclic) bond motifs is 1. The summed E-state index contributed by atoms with van der Waals surface area (Å²) in [6, 6.07) is 14.5. The molecule has 214 valence electrons. The molecule has 1 atom stereocenters. The van der Waals surface area contributed by atoms with E-state index in [0.717, 1.165) is 48.1 Å². The molecule has 4 rings (SSSR count). The lowest BCUT2D eigenvalue weighted by Crippen LogP contribution is -2.36. The maximum Gasteiger partial charge on any atom is 0.161 e. The SMILES string of the molecule is COc1cc(CN(CCCO)C[C@@H](O)Cn2c(C)c(C)c3ccccc32)ccc1OCCN1CCC(C)CC1. The van der Waals surface area contributed by atoms with Crippen LogP contribution in [0.4, 0.5) is 0 Å². The zero-order chi connectivity index (χ0) is 27.8. The Hall–Kier alpha value is -2.58. The molecule has 2 heterocycles. The zero-order valence-corrected chi connectivity index (χ0v) is 24.2. The van der Waals surface area contributed by atoms with Crippen LogP contribution in [0, 0.1) is 19.8 Å². The van der Waals surface area contributed by atoms with Crippen LogP contribution >= 0.6 is 0 Å². The third-order valence-corrected chi connectivity index (χ3v) is 8.22. The topological polar surface area (TPSA) is 70.3 Å². The Morgan fingerprint density at radius 2 is 1.85 bits per heavy atom. The van der Waals surface area contributed by atoms with E-state index in [-0.39, 0.29) is 6.61 Å². The maximum absolute atomic E-state index is 11.1. The fourth-order valence-electron chi connectivity index (χ4n) is 5.69. The smallest absolute Gasteiger partial charge is 0.161 e. The third kappa shape index (κ3) is 7.76. The van der Waals surface area contributed by atoms with Gasteiger partial charge in [0.05, 0.1) is 19.8 Å². The summed E-state index contributed by atoms with van der Waals surface area (Å²) in [7, 11) is 1.68. The number of nitrogens with zero attached hydrogens (tertiary/aromatic N) is 3. The molecule has 7 nitrogen and oxygen atoms in total. The lowest BCUT2D eigenvalue weighted by atomic mass is 9.99. The lowest BCUT2D eigenvalue weighted by Gasteiger charge is -2.30. The molecule has 1 aliphatic rings. The quantitative estimate of drug-likeness (QED) is 0.313. The summed E-state index contributed by atoms with van der Waals surface area (Å²) in [4.78, 5) is 4.69. The molecule has 0 spiro atoms. The van der Waals surface area contributed by atoms with Gasteiger partial charge in [-0.1, -0.05) is 31.2 Å². The maximum atomic E-state index is 11.1. The predicted molar refractivity (Wildman–Crippen MR) is 158 cm³/mol. The van der Waals surface area contributed by atoms with Gasteiger partial charge in [0.15, 0.2) is 11.5 Å². The summed E-state index contributed by atoms with van der Waals surface area (Å²) in [5.41, 5.74) is 4.69. The van der Waals surface area contributed by atoms with Gasteiger partial charge in [-0.25, -0.2) is 0 Å². The molecule has 1 saturated heterocycles. The van der Waals surface area contributed by atoms with Gasteiger partial charge in [0, 0.05) is 49.4 Å². The number of hydrogen-bond donors (Lipinski definition) is 2. The van der Waals surface area contributed by atoms with E-state index in [1.165, 1.54) is 29.5 Å². The second kappa shape index (κ2) is 14.2. The molecule has 0 amide bonds. The number of piperidine rings is 1. The van der Waals surface area contributed by atoms with Gasteiger partial charge in [-0.05, 0) is 81.4 Å². The van der Waals surface area contributed by atoms with Crippen molar-refractivity contribution in [3.63, 3.8) is 0 Å². The first kappa shape index (κ1) is 29.4. The van der Waals surface area contributed by atoms with Crippen LogP contribution in [-0.2, 0) is 13.1 Å². The van der Waals surface area contributed by atoms with Crippen LogP contribution in [0.3, 0.4) is 0 Å². The predicted octanol–water partition coefficient (Wildman–Crippen LogP) is 4.62. The molecule has 1 aliphatic heterocycles. The Morgan fingerprint density at radius 1 is 1.08 bits per heavy atom. The van der Waals surface area contributed by atoms with E-state index in [1.807, 2.05) is 18.2 Å². The van der Waals surface area contributed by atoms with Gasteiger partial charge >= 0.3 is 0 Å². The minimum atomic E-state index is -0.542. The molecule has 2 aromatic carbocycles. The highest BCUT2D eigenvalue weighted by atomic mass is 16.5. The van der Waals surface area contributed by atoms with Crippen molar-refractivity contribution in [2.45, 2.75) is 59.2 Å². The number of aromatic nitrogens is 1. The largest absolute Gasteiger partial charge is 0.493 e. The summed E-state index contributed by atoms with van der Waals surface area (Å²) < 4.78 is 14.0. The summed E-state index contributed by atoms with van der Waals surface area (Å²) in [5, 5.41) is 21.9. The summed E-state index contributed by atoms with van der Waals surface area (Å²) in [6.07, 6.45) is 2.65. The Kier molecular flexibility index (Phi) is 10.7. The zero-order valence-electron chi connectivity index (χ0n) is 24.2. The molecule has 0 unspecified atom stereocenters. The van der Waals surface area contributed by atoms with Crippen LogP contribution in [0.5, 0.6) is 11.5 Å². The van der Waals surface area contributed by atoms with E-state index in [2.05, 4.69) is 59.4 Å². The Labute approximate surface area is 233 Å². The summed E-state index contributed by atoms with van der Waals surface area (Å²) >= 11 is 0. The molecule has 7 heteroatoms. The first-order valence-corrected chi connectivity index (χ1v) is 14.5. The number of rotatable bonds is 14. The number of aliphatic hydroxyl groups is 2. The Bertz CT molecular complexity index is 1190. The van der Waals surface area contributed by atoms with Crippen molar-refractivity contribution in [1.29, 1.82) is 0 Å². The van der Waals surface area contributed by atoms with Crippen LogP contribution in [-0.4, -0.2) is 83.7 Å². The minimum absolute atomic E-state index is 0.124. The number of aryl methyl sites for hydroxylation is 1. The van der Waals surface area contributed by atoms with Gasteiger partial charge in [-0.2, -0.15) is 0 Å². The van der Waals surface area contributed by atoms with Crippen molar-refractivity contribution < 1.29 is 19.7 Å². The highest BCUT2D eigenvalue weighted by molar-refractivity contribution is 5.85. The van der Waals surface area contributed by atoms with Crippen LogP contribution in [0.15, 0.2) is 42.5 Å². The van der Waals surface area contributed by atoms with Crippen molar-refractivity contribution in [1.82, 2.24) is 14.4 Å². The normalized spacial score (nSPS) is 15.8. The standard InChI is InChI=1S/C32H47N3O4/c1-24-12-15-33(16-13-24)17-19-39-31-11-10-27(20-32(31)38-4)21-34(14-7-18-36)22-28(37)23-35-26(3)25(2)29-8-5-6-9-30(29)35/h5-6,8-11,20,24,28,36-37H,7,12-19,21-23H2,1-4H3/t28-/m1/s1.